The number of halogens is 1. The molecule has 0 amide bonds. The van der Waals surface area contributed by atoms with Crippen LogP contribution < -0.4 is 0 Å². The molecule has 0 N–H and O–H groups in total. The molecule has 0 unspecified atom stereocenters. The second kappa shape index (κ2) is 8.68. The summed E-state index contributed by atoms with van der Waals surface area (Å²) < 4.78 is 0. The number of ketones is 2. The van der Waals surface area contributed by atoms with Gasteiger partial charge in [0, 0.05) is 34.2 Å². The van der Waals surface area contributed by atoms with E-state index >= 15 is 0 Å². The monoisotopic (exact) mass is 451 g/mol. The third-order valence-corrected chi connectivity index (χ3v) is 7.33. The summed E-state index contributed by atoms with van der Waals surface area (Å²) in [4.78, 5) is 29.1. The normalized spacial score (nSPS) is 13.3. The number of thiazole rings is 1. The molecule has 0 radical (unpaired) electrons. The number of hydrogen-bond donors (Lipinski definition) is 0. The highest BCUT2D eigenvalue weighted by molar-refractivity contribution is 7.13. The fourth-order valence-electron chi connectivity index (χ4n) is 4.19. The van der Waals surface area contributed by atoms with Crippen LogP contribution in [0, 0.1) is 5.41 Å². The predicted octanol–water partition coefficient (Wildman–Crippen LogP) is 6.74. The van der Waals surface area contributed by atoms with E-state index in [0.717, 1.165) is 34.7 Å². The molecular weight excluding hydrogens is 426 g/mol. The average molecular weight is 452 g/mol. The Morgan fingerprint density at radius 1 is 1.10 bits per heavy atom. The third kappa shape index (κ3) is 4.65. The van der Waals surface area contributed by atoms with Gasteiger partial charge in [0.05, 0.1) is 5.69 Å². The van der Waals surface area contributed by atoms with E-state index in [4.69, 9.17) is 16.6 Å². The number of benzene rings is 2. The minimum absolute atomic E-state index is 0.0287. The molecule has 0 saturated carbocycles. The van der Waals surface area contributed by atoms with E-state index in [1.54, 1.807) is 11.3 Å². The summed E-state index contributed by atoms with van der Waals surface area (Å²) in [7, 11) is 0. The van der Waals surface area contributed by atoms with Crippen LogP contribution >= 0.6 is 22.9 Å². The number of aryl methyl sites for hydroxylation is 1. The lowest BCUT2D eigenvalue weighted by Crippen LogP contribution is -2.25. The number of nitrogens with zero attached hydrogens (tertiary/aromatic N) is 1. The molecular formula is C26H26ClNO2S. The Morgan fingerprint density at radius 2 is 1.90 bits per heavy atom. The van der Waals surface area contributed by atoms with Crippen LogP contribution in [0.5, 0.6) is 0 Å². The van der Waals surface area contributed by atoms with Crippen molar-refractivity contribution in [1.82, 2.24) is 4.98 Å². The quantitative estimate of drug-likeness (QED) is 0.399. The highest BCUT2D eigenvalue weighted by Crippen LogP contribution is 2.40. The molecule has 0 bridgehead atoms. The van der Waals surface area contributed by atoms with Crippen molar-refractivity contribution < 1.29 is 9.59 Å². The van der Waals surface area contributed by atoms with Gasteiger partial charge in [0.2, 0.25) is 0 Å². The predicted molar refractivity (Wildman–Crippen MR) is 128 cm³/mol. The van der Waals surface area contributed by atoms with Gasteiger partial charge in [-0.05, 0) is 66.6 Å². The Kier molecular flexibility index (Phi) is 6.14. The first kappa shape index (κ1) is 21.9. The zero-order valence-electron chi connectivity index (χ0n) is 18.1. The number of fused-ring (bicyclic) bond motifs is 1. The average Bonchev–Trinajstić information content (AvgIpc) is 3.36. The van der Waals surface area contributed by atoms with Crippen LogP contribution in [0.25, 0.3) is 21.7 Å². The Labute approximate surface area is 192 Å². The lowest BCUT2D eigenvalue weighted by molar-refractivity contribution is -0.130. The molecule has 160 valence electrons. The van der Waals surface area contributed by atoms with E-state index in [9.17, 15) is 9.59 Å². The van der Waals surface area contributed by atoms with Crippen LogP contribution in [0.3, 0.4) is 0 Å². The molecule has 1 heterocycles. The summed E-state index contributed by atoms with van der Waals surface area (Å²) in [5.41, 5.74) is 6.31. The van der Waals surface area contributed by atoms with Crippen molar-refractivity contribution in [1.29, 1.82) is 0 Å². The second-order valence-electron chi connectivity index (χ2n) is 8.96. The fraction of sp³-hybridized carbons (Fsp3) is 0.346. The number of hydrogen-bond acceptors (Lipinski definition) is 4. The second-order valence-corrected chi connectivity index (χ2v) is 10.3. The smallest absolute Gasteiger partial charge is 0.139 e. The van der Waals surface area contributed by atoms with Gasteiger partial charge in [-0.25, -0.2) is 4.98 Å². The summed E-state index contributed by atoms with van der Waals surface area (Å²) in [5.74, 6) is 0.0651. The van der Waals surface area contributed by atoms with Crippen molar-refractivity contribution in [2.75, 3.05) is 0 Å². The minimum Gasteiger partial charge on any atom is -0.299 e. The summed E-state index contributed by atoms with van der Waals surface area (Å²) >= 11 is 7.92. The molecule has 0 fully saturated rings. The van der Waals surface area contributed by atoms with Crippen molar-refractivity contribution in [3.8, 4) is 21.7 Å². The first-order valence-corrected chi connectivity index (χ1v) is 11.9. The first-order valence-electron chi connectivity index (χ1n) is 10.6. The van der Waals surface area contributed by atoms with Gasteiger partial charge in [0.1, 0.15) is 16.6 Å². The van der Waals surface area contributed by atoms with E-state index in [1.807, 2.05) is 37.4 Å². The molecule has 0 saturated heterocycles. The minimum atomic E-state index is -0.632. The highest BCUT2D eigenvalue weighted by atomic mass is 35.5. The molecule has 31 heavy (non-hydrogen) atoms. The summed E-state index contributed by atoms with van der Waals surface area (Å²) in [6.07, 6.45) is 3.87. The number of carbonyl (C=O) groups excluding carboxylic acids is 2. The Hall–Kier alpha value is -2.30. The van der Waals surface area contributed by atoms with Gasteiger partial charge in [-0.1, -0.05) is 43.6 Å². The maximum atomic E-state index is 12.5. The zero-order chi connectivity index (χ0) is 22.2. The molecule has 0 aliphatic heterocycles. The van der Waals surface area contributed by atoms with E-state index in [-0.39, 0.29) is 24.4 Å². The lowest BCUT2D eigenvalue weighted by Gasteiger charge is -2.19. The molecule has 0 spiro atoms. The van der Waals surface area contributed by atoms with Crippen molar-refractivity contribution in [2.45, 2.75) is 52.9 Å². The molecule has 2 aromatic carbocycles. The maximum absolute atomic E-state index is 12.5. The number of carbonyl (C=O) groups is 2. The molecule has 3 nitrogen and oxygen atoms in total. The standard InChI is InChI=1S/C26H26ClNO2S/c1-16(29)26(2,3)14-20(30)13-19-15-31-25(28-19)23-11-10-18(27)12-24(23)22-9-5-7-17-6-4-8-21(17)22/h5,7,9-12,15H,4,6,8,13-14H2,1-3H3. The van der Waals surface area contributed by atoms with Gasteiger partial charge in [0.15, 0.2) is 0 Å². The van der Waals surface area contributed by atoms with Crippen molar-refractivity contribution in [2.24, 2.45) is 5.41 Å². The molecule has 1 aliphatic carbocycles. The van der Waals surface area contributed by atoms with Crippen molar-refractivity contribution >= 4 is 34.5 Å². The van der Waals surface area contributed by atoms with Gasteiger partial charge < -0.3 is 0 Å². The fourth-order valence-corrected chi connectivity index (χ4v) is 5.22. The van der Waals surface area contributed by atoms with Crippen LogP contribution in [-0.2, 0) is 28.9 Å². The van der Waals surface area contributed by atoms with Crippen LogP contribution in [0.15, 0.2) is 41.8 Å². The van der Waals surface area contributed by atoms with Gasteiger partial charge in [-0.15, -0.1) is 11.3 Å². The zero-order valence-corrected chi connectivity index (χ0v) is 19.7. The van der Waals surface area contributed by atoms with Gasteiger partial charge in [-0.2, -0.15) is 0 Å². The van der Waals surface area contributed by atoms with Crippen LogP contribution in [-0.4, -0.2) is 16.6 Å². The van der Waals surface area contributed by atoms with Crippen molar-refractivity contribution in [3.63, 3.8) is 0 Å². The van der Waals surface area contributed by atoms with Gasteiger partial charge in [-0.3, -0.25) is 9.59 Å². The Morgan fingerprint density at radius 3 is 2.68 bits per heavy atom. The molecule has 1 aliphatic rings. The van der Waals surface area contributed by atoms with Gasteiger partial charge in [0.25, 0.3) is 0 Å². The van der Waals surface area contributed by atoms with Gasteiger partial charge >= 0.3 is 0 Å². The highest BCUT2D eigenvalue weighted by Gasteiger charge is 2.27. The molecule has 1 aromatic heterocycles. The topological polar surface area (TPSA) is 47.0 Å². The van der Waals surface area contributed by atoms with E-state index in [0.29, 0.717) is 5.02 Å². The maximum Gasteiger partial charge on any atom is 0.139 e. The van der Waals surface area contributed by atoms with Crippen LogP contribution in [0.2, 0.25) is 5.02 Å². The van der Waals surface area contributed by atoms with Crippen LogP contribution in [0.4, 0.5) is 0 Å². The Bertz CT molecular complexity index is 1160. The molecule has 3 aromatic rings. The first-order chi connectivity index (χ1) is 14.7. The van der Waals surface area contributed by atoms with Crippen molar-refractivity contribution in [3.05, 3.63) is 63.6 Å². The van der Waals surface area contributed by atoms with Crippen LogP contribution in [0.1, 0.15) is 50.4 Å². The summed E-state index contributed by atoms with van der Waals surface area (Å²) in [5, 5.41) is 3.53. The SMILES string of the molecule is CC(=O)C(C)(C)CC(=O)Cc1csc(-c2ccc(Cl)cc2-c2cccc3c2CCC3)n1. The molecule has 5 heteroatoms. The molecule has 0 atom stereocenters. The summed E-state index contributed by atoms with van der Waals surface area (Å²) in [6.45, 7) is 5.17. The lowest BCUT2D eigenvalue weighted by atomic mass is 9.83. The summed E-state index contributed by atoms with van der Waals surface area (Å²) in [6, 6.07) is 12.4. The largest absolute Gasteiger partial charge is 0.299 e. The third-order valence-electron chi connectivity index (χ3n) is 6.17. The van der Waals surface area contributed by atoms with E-state index in [2.05, 4.69) is 18.2 Å². The number of rotatable bonds is 7. The Balaban J connectivity index is 1.64. The van der Waals surface area contributed by atoms with E-state index < -0.39 is 5.41 Å². The number of aromatic nitrogens is 1. The number of Topliss-reactive ketones (excluding diaryl/α,β-unsaturated/α-hetero) is 2. The van der Waals surface area contributed by atoms with E-state index in [1.165, 1.54) is 30.0 Å². The molecule has 4 rings (SSSR count).